The van der Waals surface area contributed by atoms with Gasteiger partial charge in [0, 0.05) is 19.7 Å². The van der Waals surface area contributed by atoms with Gasteiger partial charge in [0.05, 0.1) is 19.3 Å². The zero-order valence-corrected chi connectivity index (χ0v) is 12.6. The summed E-state index contributed by atoms with van der Waals surface area (Å²) in [5.41, 5.74) is 6.76. The van der Waals surface area contributed by atoms with E-state index in [-0.39, 0.29) is 6.10 Å². The van der Waals surface area contributed by atoms with Crippen molar-refractivity contribution < 1.29 is 14.2 Å². The highest BCUT2D eigenvalue weighted by atomic mass is 16.5. The molecule has 5 heteroatoms. The largest absolute Gasteiger partial charge is 0.491 e. The van der Waals surface area contributed by atoms with Gasteiger partial charge in [-0.05, 0) is 37.1 Å². The Balaban J connectivity index is 1.51. The van der Waals surface area contributed by atoms with Gasteiger partial charge in [0.2, 0.25) is 0 Å². The molecule has 0 aromatic heterocycles. The zero-order chi connectivity index (χ0) is 14.8. The Hall–Kier alpha value is -1.14. The predicted octanol–water partition coefficient (Wildman–Crippen LogP) is 0.962. The average molecular weight is 294 g/mol. The van der Waals surface area contributed by atoms with Crippen LogP contribution in [0.5, 0.6) is 5.75 Å². The van der Waals surface area contributed by atoms with Gasteiger partial charge >= 0.3 is 0 Å². The Morgan fingerprint density at radius 3 is 2.76 bits per heavy atom. The van der Waals surface area contributed by atoms with E-state index in [0.29, 0.717) is 26.4 Å². The van der Waals surface area contributed by atoms with Crippen LogP contribution in [-0.4, -0.2) is 52.2 Å². The molecule has 118 valence electrons. The minimum atomic E-state index is 0.287. The topological polar surface area (TPSA) is 65.7 Å². The van der Waals surface area contributed by atoms with Crippen LogP contribution in [0.4, 0.5) is 0 Å². The van der Waals surface area contributed by atoms with E-state index in [9.17, 15) is 0 Å². The van der Waals surface area contributed by atoms with Crippen molar-refractivity contribution >= 4 is 0 Å². The first-order chi connectivity index (χ1) is 10.4. The lowest BCUT2D eigenvalue weighted by Crippen LogP contribution is -2.39. The van der Waals surface area contributed by atoms with Crippen LogP contribution in [0.15, 0.2) is 24.3 Å². The van der Waals surface area contributed by atoms with Crippen molar-refractivity contribution in [3.05, 3.63) is 29.8 Å². The minimum absolute atomic E-state index is 0.287. The summed E-state index contributed by atoms with van der Waals surface area (Å²) in [5.74, 6) is 0.874. The molecule has 0 saturated carbocycles. The first-order valence-corrected chi connectivity index (χ1v) is 7.70. The summed E-state index contributed by atoms with van der Waals surface area (Å²) in [6.45, 7) is 5.24. The molecular weight excluding hydrogens is 268 g/mol. The smallest absolute Gasteiger partial charge is 0.119 e. The monoisotopic (exact) mass is 294 g/mol. The molecule has 0 bridgehead atoms. The Kier molecular flexibility index (Phi) is 7.53. The summed E-state index contributed by atoms with van der Waals surface area (Å²) >= 11 is 0. The number of nitrogens with one attached hydrogen (secondary N) is 1. The maximum absolute atomic E-state index is 5.63. The molecule has 0 aliphatic carbocycles. The number of ether oxygens (including phenoxy) is 3. The molecular formula is C16H26N2O3. The maximum Gasteiger partial charge on any atom is 0.119 e. The van der Waals surface area contributed by atoms with Crippen molar-refractivity contribution in [1.29, 1.82) is 0 Å². The third-order valence-electron chi connectivity index (χ3n) is 3.44. The van der Waals surface area contributed by atoms with Crippen molar-refractivity contribution in [3.63, 3.8) is 0 Å². The maximum atomic E-state index is 5.63. The zero-order valence-electron chi connectivity index (χ0n) is 12.6. The van der Waals surface area contributed by atoms with E-state index in [1.165, 1.54) is 5.56 Å². The Labute approximate surface area is 126 Å². The summed E-state index contributed by atoms with van der Waals surface area (Å²) < 4.78 is 16.8. The highest BCUT2D eigenvalue weighted by Gasteiger charge is 2.12. The van der Waals surface area contributed by atoms with Gasteiger partial charge in [-0.15, -0.1) is 0 Å². The molecule has 0 amide bonds. The molecule has 1 saturated heterocycles. The second kappa shape index (κ2) is 9.73. The van der Waals surface area contributed by atoms with Crippen LogP contribution in [0.1, 0.15) is 12.0 Å². The van der Waals surface area contributed by atoms with Crippen molar-refractivity contribution in [3.8, 4) is 5.75 Å². The molecule has 5 nitrogen and oxygen atoms in total. The van der Waals surface area contributed by atoms with Crippen LogP contribution < -0.4 is 15.8 Å². The van der Waals surface area contributed by atoms with E-state index in [1.807, 2.05) is 12.1 Å². The molecule has 21 heavy (non-hydrogen) atoms. The Bertz CT molecular complexity index is 378. The van der Waals surface area contributed by atoms with E-state index in [4.69, 9.17) is 19.9 Å². The van der Waals surface area contributed by atoms with E-state index >= 15 is 0 Å². The summed E-state index contributed by atoms with van der Waals surface area (Å²) in [5, 5.41) is 3.31. The fourth-order valence-electron chi connectivity index (χ4n) is 2.26. The molecule has 1 fully saturated rings. The predicted molar refractivity (Wildman–Crippen MR) is 82.7 cm³/mol. The van der Waals surface area contributed by atoms with Gasteiger partial charge in [0.15, 0.2) is 0 Å². The first-order valence-electron chi connectivity index (χ1n) is 7.70. The van der Waals surface area contributed by atoms with E-state index in [0.717, 1.165) is 38.3 Å². The first kappa shape index (κ1) is 16.2. The van der Waals surface area contributed by atoms with Crippen LogP contribution >= 0.6 is 0 Å². The normalized spacial score (nSPS) is 18.6. The number of rotatable bonds is 9. The average Bonchev–Trinajstić information content (AvgIpc) is 2.53. The van der Waals surface area contributed by atoms with Crippen LogP contribution in [0, 0.1) is 0 Å². The van der Waals surface area contributed by atoms with Crippen molar-refractivity contribution in [2.24, 2.45) is 5.73 Å². The van der Waals surface area contributed by atoms with Crippen molar-refractivity contribution in [1.82, 2.24) is 5.32 Å². The third-order valence-corrected chi connectivity index (χ3v) is 3.44. The number of hydrogen-bond acceptors (Lipinski definition) is 5. The van der Waals surface area contributed by atoms with Gasteiger partial charge in [0.1, 0.15) is 12.4 Å². The molecule has 2 rings (SSSR count). The standard InChI is InChI=1S/C16H26N2O3/c17-7-5-14-1-3-15(4-2-14)21-12-11-19-9-6-16-13-18-8-10-20-16/h1-4,16,18H,5-13,17H2. The molecule has 1 aliphatic rings. The summed E-state index contributed by atoms with van der Waals surface area (Å²) in [7, 11) is 0. The summed E-state index contributed by atoms with van der Waals surface area (Å²) in [4.78, 5) is 0. The van der Waals surface area contributed by atoms with Gasteiger partial charge < -0.3 is 25.3 Å². The lowest BCUT2D eigenvalue weighted by molar-refractivity contribution is -0.000116. The molecule has 1 aliphatic heterocycles. The second-order valence-electron chi connectivity index (χ2n) is 5.13. The minimum Gasteiger partial charge on any atom is -0.491 e. The third kappa shape index (κ3) is 6.44. The van der Waals surface area contributed by atoms with Gasteiger partial charge in [-0.2, -0.15) is 0 Å². The Morgan fingerprint density at radius 1 is 1.19 bits per heavy atom. The SMILES string of the molecule is NCCc1ccc(OCCOCCC2CNCCO2)cc1. The highest BCUT2D eigenvalue weighted by molar-refractivity contribution is 5.27. The fourth-order valence-corrected chi connectivity index (χ4v) is 2.26. The number of hydrogen-bond donors (Lipinski definition) is 2. The van der Waals surface area contributed by atoms with Gasteiger partial charge in [-0.25, -0.2) is 0 Å². The second-order valence-corrected chi connectivity index (χ2v) is 5.13. The molecule has 1 heterocycles. The van der Waals surface area contributed by atoms with Gasteiger partial charge in [0.25, 0.3) is 0 Å². The molecule has 0 spiro atoms. The van der Waals surface area contributed by atoms with Crippen LogP contribution in [0.25, 0.3) is 0 Å². The summed E-state index contributed by atoms with van der Waals surface area (Å²) in [6.07, 6.45) is 2.12. The van der Waals surface area contributed by atoms with Crippen molar-refractivity contribution in [2.45, 2.75) is 18.9 Å². The van der Waals surface area contributed by atoms with Crippen LogP contribution in [-0.2, 0) is 15.9 Å². The highest BCUT2D eigenvalue weighted by Crippen LogP contribution is 2.12. The number of morpholine rings is 1. The van der Waals surface area contributed by atoms with Crippen molar-refractivity contribution in [2.75, 3.05) is 46.1 Å². The number of benzene rings is 1. The van der Waals surface area contributed by atoms with Crippen LogP contribution in [0.3, 0.4) is 0 Å². The van der Waals surface area contributed by atoms with E-state index in [2.05, 4.69) is 17.4 Å². The van der Waals surface area contributed by atoms with Crippen LogP contribution in [0.2, 0.25) is 0 Å². The Morgan fingerprint density at radius 2 is 2.05 bits per heavy atom. The quantitative estimate of drug-likeness (QED) is 0.664. The lowest BCUT2D eigenvalue weighted by Gasteiger charge is -2.23. The van der Waals surface area contributed by atoms with Gasteiger partial charge in [-0.1, -0.05) is 12.1 Å². The molecule has 1 aromatic rings. The van der Waals surface area contributed by atoms with Gasteiger partial charge in [-0.3, -0.25) is 0 Å². The van der Waals surface area contributed by atoms with E-state index < -0.39 is 0 Å². The summed E-state index contributed by atoms with van der Waals surface area (Å²) in [6, 6.07) is 8.06. The molecule has 1 unspecified atom stereocenters. The molecule has 0 radical (unpaired) electrons. The fraction of sp³-hybridized carbons (Fsp3) is 0.625. The van der Waals surface area contributed by atoms with E-state index in [1.54, 1.807) is 0 Å². The molecule has 3 N–H and O–H groups in total. The number of nitrogens with two attached hydrogens (primary N) is 1. The molecule has 1 atom stereocenters. The molecule has 1 aromatic carbocycles. The lowest BCUT2D eigenvalue weighted by atomic mass is 10.1.